The molecule has 0 aliphatic carbocycles. The van der Waals surface area contributed by atoms with Crippen molar-refractivity contribution in [1.82, 2.24) is 30.4 Å². The van der Waals surface area contributed by atoms with E-state index in [1.54, 1.807) is 25.0 Å². The lowest BCUT2D eigenvalue weighted by atomic mass is 10.5. The van der Waals surface area contributed by atoms with E-state index in [1.165, 1.54) is 0 Å². The van der Waals surface area contributed by atoms with Gasteiger partial charge in [-0.15, -0.1) is 45.5 Å². The number of aryl methyl sites for hydroxylation is 1. The molecule has 7 nitrogen and oxygen atoms in total. The summed E-state index contributed by atoms with van der Waals surface area (Å²) in [6.45, 7) is 0.543. The maximum Gasteiger partial charge on any atom is 0.434 e. The van der Waals surface area contributed by atoms with Gasteiger partial charge in [0.05, 0.1) is 13.1 Å². The van der Waals surface area contributed by atoms with E-state index in [0.717, 1.165) is 16.7 Å². The summed E-state index contributed by atoms with van der Waals surface area (Å²) < 4.78 is 39.1. The number of alkyl halides is 3. The topological polar surface area (TPSA) is 80.0 Å². The van der Waals surface area contributed by atoms with Gasteiger partial charge in [0.2, 0.25) is 0 Å². The first kappa shape index (κ1) is 19.6. The van der Waals surface area contributed by atoms with E-state index < -0.39 is 11.9 Å². The quantitative estimate of drug-likeness (QED) is 0.413. The van der Waals surface area contributed by atoms with Crippen molar-refractivity contribution in [3.05, 3.63) is 28.2 Å². The Hall–Kier alpha value is -1.44. The van der Waals surface area contributed by atoms with Gasteiger partial charge in [-0.3, -0.25) is 4.99 Å². The van der Waals surface area contributed by atoms with Crippen LogP contribution in [0, 0.1) is 0 Å². The molecule has 0 saturated carbocycles. The third-order valence-electron chi connectivity index (χ3n) is 2.69. The zero-order valence-electron chi connectivity index (χ0n) is 12.3. The van der Waals surface area contributed by atoms with Gasteiger partial charge in [-0.05, 0) is 0 Å². The minimum Gasteiger partial charge on any atom is -0.350 e. The molecule has 0 saturated heterocycles. The maximum atomic E-state index is 12.5. The van der Waals surface area contributed by atoms with Crippen LogP contribution in [0.15, 0.2) is 16.7 Å². The molecule has 2 rings (SSSR count). The van der Waals surface area contributed by atoms with Crippen LogP contribution in [0.3, 0.4) is 0 Å². The first-order valence-corrected chi connectivity index (χ1v) is 7.07. The van der Waals surface area contributed by atoms with E-state index in [4.69, 9.17) is 0 Å². The Morgan fingerprint density at radius 2 is 2.04 bits per heavy atom. The number of nitrogens with one attached hydrogen (secondary N) is 2. The van der Waals surface area contributed by atoms with Crippen LogP contribution in [0.25, 0.3) is 0 Å². The van der Waals surface area contributed by atoms with Gasteiger partial charge in [0.15, 0.2) is 17.5 Å². The largest absolute Gasteiger partial charge is 0.434 e. The highest BCUT2D eigenvalue weighted by molar-refractivity contribution is 14.0. The molecule has 0 fully saturated rings. The molecule has 2 heterocycles. The molecule has 2 N–H and O–H groups in total. The predicted molar refractivity (Wildman–Crippen MR) is 90.6 cm³/mol. The Morgan fingerprint density at radius 3 is 2.57 bits per heavy atom. The van der Waals surface area contributed by atoms with Crippen molar-refractivity contribution >= 4 is 41.3 Å². The summed E-state index contributed by atoms with van der Waals surface area (Å²) in [4.78, 5) is 7.51. The van der Waals surface area contributed by atoms with Gasteiger partial charge in [-0.25, -0.2) is 4.98 Å². The molecule has 0 aromatic carbocycles. The molecule has 0 radical (unpaired) electrons. The van der Waals surface area contributed by atoms with Crippen molar-refractivity contribution in [2.75, 3.05) is 7.05 Å². The summed E-state index contributed by atoms with van der Waals surface area (Å²) in [6, 6.07) is 0. The van der Waals surface area contributed by atoms with Crippen LogP contribution < -0.4 is 10.6 Å². The second-order valence-corrected chi connectivity index (χ2v) is 5.20. The number of aliphatic imine (C=N–C) groups is 1. The van der Waals surface area contributed by atoms with Crippen LogP contribution in [0.5, 0.6) is 0 Å². The molecule has 23 heavy (non-hydrogen) atoms. The normalized spacial score (nSPS) is 12.0. The summed E-state index contributed by atoms with van der Waals surface area (Å²) in [7, 11) is 3.37. The van der Waals surface area contributed by atoms with Crippen molar-refractivity contribution in [3.63, 3.8) is 0 Å². The Balaban J connectivity index is 0.00000264. The van der Waals surface area contributed by atoms with Crippen LogP contribution in [0.1, 0.15) is 16.5 Å². The zero-order valence-corrected chi connectivity index (χ0v) is 15.4. The molecule has 2 aromatic heterocycles. The minimum atomic E-state index is -4.42. The molecular formula is C11H15F3IN7S. The summed E-state index contributed by atoms with van der Waals surface area (Å²) in [5, 5.41) is 14.9. The number of halogens is 4. The van der Waals surface area contributed by atoms with Crippen molar-refractivity contribution in [3.8, 4) is 0 Å². The minimum absolute atomic E-state index is 0. The van der Waals surface area contributed by atoms with E-state index in [1.807, 2.05) is 0 Å². The fourth-order valence-corrected chi connectivity index (χ4v) is 2.27. The van der Waals surface area contributed by atoms with E-state index in [0.29, 0.717) is 23.3 Å². The molecule has 0 aliphatic heterocycles. The molecule has 0 bridgehead atoms. The SMILES string of the molecule is CN=C(NCc1nc(C(F)(F)F)cs1)NCc1nncn1C.I. The van der Waals surface area contributed by atoms with E-state index >= 15 is 0 Å². The van der Waals surface area contributed by atoms with E-state index in [2.05, 4.69) is 30.8 Å². The lowest BCUT2D eigenvalue weighted by Crippen LogP contribution is -2.36. The second-order valence-electron chi connectivity index (χ2n) is 4.26. The Labute approximate surface area is 151 Å². The third-order valence-corrected chi connectivity index (χ3v) is 3.54. The number of guanidine groups is 1. The summed E-state index contributed by atoms with van der Waals surface area (Å²) in [5.74, 6) is 1.14. The summed E-state index contributed by atoms with van der Waals surface area (Å²) in [5.41, 5.74) is -0.878. The standard InChI is InChI=1S/C11H14F3N7S.HI/c1-15-10(16-3-8-20-18-6-21(8)2)17-4-9-19-7(5-22-9)11(12,13)14;/h5-6H,3-4H2,1-2H3,(H2,15,16,17);1H. The molecule has 0 aliphatic rings. The van der Waals surface area contributed by atoms with Crippen molar-refractivity contribution in [2.24, 2.45) is 12.0 Å². The number of nitrogens with zero attached hydrogens (tertiary/aromatic N) is 5. The highest BCUT2D eigenvalue weighted by Crippen LogP contribution is 2.29. The zero-order chi connectivity index (χ0) is 16.2. The van der Waals surface area contributed by atoms with Gasteiger partial charge in [0.1, 0.15) is 11.3 Å². The molecular weight excluding hydrogens is 446 g/mol. The van der Waals surface area contributed by atoms with Gasteiger partial charge < -0.3 is 15.2 Å². The molecule has 0 spiro atoms. The summed E-state index contributed by atoms with van der Waals surface area (Å²) in [6.07, 6.45) is -2.85. The van der Waals surface area contributed by atoms with Crippen LogP contribution in [-0.4, -0.2) is 32.8 Å². The molecule has 12 heteroatoms. The molecule has 0 atom stereocenters. The molecule has 2 aromatic rings. The first-order valence-electron chi connectivity index (χ1n) is 6.19. The molecule has 0 unspecified atom stereocenters. The number of hydrogen-bond donors (Lipinski definition) is 2. The number of thiazole rings is 1. The van der Waals surface area contributed by atoms with Gasteiger partial charge in [0, 0.05) is 19.5 Å². The average molecular weight is 461 g/mol. The van der Waals surface area contributed by atoms with Crippen LogP contribution >= 0.6 is 35.3 Å². The van der Waals surface area contributed by atoms with Gasteiger partial charge >= 0.3 is 6.18 Å². The van der Waals surface area contributed by atoms with E-state index in [-0.39, 0.29) is 30.5 Å². The smallest absolute Gasteiger partial charge is 0.350 e. The molecule has 128 valence electrons. The number of aromatic nitrogens is 4. The second kappa shape index (κ2) is 8.42. The third kappa shape index (κ3) is 5.60. The fraction of sp³-hybridized carbons (Fsp3) is 0.455. The van der Waals surface area contributed by atoms with E-state index in [9.17, 15) is 13.2 Å². The maximum absolute atomic E-state index is 12.5. The highest BCUT2D eigenvalue weighted by Gasteiger charge is 2.33. The predicted octanol–water partition coefficient (Wildman–Crippen LogP) is 1.77. The highest BCUT2D eigenvalue weighted by atomic mass is 127. The van der Waals surface area contributed by atoms with Crippen molar-refractivity contribution in [1.29, 1.82) is 0 Å². The van der Waals surface area contributed by atoms with Gasteiger partial charge in [-0.2, -0.15) is 13.2 Å². The van der Waals surface area contributed by atoms with Gasteiger partial charge in [0.25, 0.3) is 0 Å². The van der Waals surface area contributed by atoms with Gasteiger partial charge in [-0.1, -0.05) is 0 Å². The average Bonchev–Trinajstić information content (AvgIpc) is 3.08. The Morgan fingerprint density at radius 1 is 1.35 bits per heavy atom. The van der Waals surface area contributed by atoms with Crippen LogP contribution in [0.2, 0.25) is 0 Å². The summed E-state index contributed by atoms with van der Waals surface area (Å²) >= 11 is 0.944. The monoisotopic (exact) mass is 461 g/mol. The van der Waals surface area contributed by atoms with Crippen LogP contribution in [-0.2, 0) is 26.3 Å². The van der Waals surface area contributed by atoms with Crippen molar-refractivity contribution < 1.29 is 13.2 Å². The molecule has 0 amide bonds. The first-order chi connectivity index (χ1) is 10.4. The lowest BCUT2D eigenvalue weighted by molar-refractivity contribution is -0.140. The van der Waals surface area contributed by atoms with Crippen molar-refractivity contribution in [2.45, 2.75) is 19.3 Å². The Bertz CT molecular complexity index is 652. The fourth-order valence-electron chi connectivity index (χ4n) is 1.53. The Kier molecular flexibility index (Phi) is 7.18. The van der Waals surface area contributed by atoms with Crippen LogP contribution in [0.4, 0.5) is 13.2 Å². The number of rotatable bonds is 4. The lowest BCUT2D eigenvalue weighted by Gasteiger charge is -2.10. The number of hydrogen-bond acceptors (Lipinski definition) is 5.